The number of nitrogens with zero attached hydrogens (tertiary/aromatic N) is 2. The van der Waals surface area contributed by atoms with Crippen LogP contribution in [0.25, 0.3) is 0 Å². The summed E-state index contributed by atoms with van der Waals surface area (Å²) in [6, 6.07) is 12.3. The largest absolute Gasteiger partial charge is 0.366 e. The first-order valence-electron chi connectivity index (χ1n) is 9.26. The maximum absolute atomic E-state index is 12.7. The number of piperazine rings is 1. The van der Waals surface area contributed by atoms with Gasteiger partial charge in [0, 0.05) is 37.1 Å². The third-order valence-corrected chi connectivity index (χ3v) is 5.32. The molecule has 3 rings (SSSR count). The molecule has 7 heteroatoms. The van der Waals surface area contributed by atoms with Crippen LogP contribution < -0.4 is 10.2 Å². The van der Waals surface area contributed by atoms with Gasteiger partial charge >= 0.3 is 0 Å². The molecule has 0 saturated carbocycles. The average Bonchev–Trinajstić information content (AvgIpc) is 2.68. The molecule has 0 aromatic heterocycles. The van der Waals surface area contributed by atoms with Gasteiger partial charge in [-0.25, -0.2) is 0 Å². The molecule has 0 aliphatic carbocycles. The first-order chi connectivity index (χ1) is 13.4. The van der Waals surface area contributed by atoms with Crippen molar-refractivity contribution in [1.29, 1.82) is 0 Å². The summed E-state index contributed by atoms with van der Waals surface area (Å²) in [5.74, 6) is -0.127. The number of halogens is 2. The Balaban J connectivity index is 1.78. The van der Waals surface area contributed by atoms with Crippen LogP contribution in [0.4, 0.5) is 11.4 Å². The summed E-state index contributed by atoms with van der Waals surface area (Å²) in [6.07, 6.45) is 0. The molecule has 28 heavy (non-hydrogen) atoms. The minimum Gasteiger partial charge on any atom is -0.366 e. The molecule has 1 fully saturated rings. The molecule has 1 aliphatic rings. The van der Waals surface area contributed by atoms with E-state index in [-0.39, 0.29) is 17.7 Å². The molecule has 1 aliphatic heterocycles. The molecule has 1 N–H and O–H groups in total. The smallest absolute Gasteiger partial charge is 0.257 e. The summed E-state index contributed by atoms with van der Waals surface area (Å²) < 4.78 is 0. The fourth-order valence-electron chi connectivity index (χ4n) is 3.25. The van der Waals surface area contributed by atoms with Crippen LogP contribution in [-0.4, -0.2) is 42.9 Å². The highest BCUT2D eigenvalue weighted by atomic mass is 35.5. The maximum atomic E-state index is 12.7. The Kier molecular flexibility index (Phi) is 6.47. The van der Waals surface area contributed by atoms with Gasteiger partial charge in [0.25, 0.3) is 5.91 Å². The van der Waals surface area contributed by atoms with Crippen LogP contribution in [0, 0.1) is 5.92 Å². The lowest BCUT2D eigenvalue weighted by molar-refractivity contribution is -0.134. The SMILES string of the molecule is CC(C)C(=O)N1CCN(c2ccc(Cl)cc2NC(=O)c2ccccc2Cl)CC1. The summed E-state index contributed by atoms with van der Waals surface area (Å²) in [5, 5.41) is 3.86. The van der Waals surface area contributed by atoms with Gasteiger partial charge in [0.2, 0.25) is 5.91 Å². The normalized spacial score (nSPS) is 14.3. The Hall–Kier alpha value is -2.24. The number of nitrogens with one attached hydrogen (secondary N) is 1. The van der Waals surface area contributed by atoms with E-state index in [1.54, 1.807) is 36.4 Å². The predicted molar refractivity (Wildman–Crippen MR) is 114 cm³/mol. The maximum Gasteiger partial charge on any atom is 0.257 e. The first kappa shape index (κ1) is 20.5. The first-order valence-corrected chi connectivity index (χ1v) is 10.0. The summed E-state index contributed by atoms with van der Waals surface area (Å²) in [4.78, 5) is 28.9. The van der Waals surface area contributed by atoms with Gasteiger partial charge in [0.1, 0.15) is 0 Å². The number of carbonyl (C=O) groups is 2. The molecular weight excluding hydrogens is 397 g/mol. The number of hydrogen-bond acceptors (Lipinski definition) is 3. The van der Waals surface area contributed by atoms with Gasteiger partial charge in [-0.15, -0.1) is 0 Å². The topological polar surface area (TPSA) is 52.7 Å². The van der Waals surface area contributed by atoms with E-state index in [1.165, 1.54) is 0 Å². The fraction of sp³-hybridized carbons (Fsp3) is 0.333. The van der Waals surface area contributed by atoms with E-state index in [1.807, 2.05) is 24.8 Å². The van der Waals surface area contributed by atoms with Gasteiger partial charge in [-0.1, -0.05) is 49.2 Å². The molecule has 0 unspecified atom stereocenters. The van der Waals surface area contributed by atoms with Crippen molar-refractivity contribution in [3.8, 4) is 0 Å². The van der Waals surface area contributed by atoms with Crippen LogP contribution in [0.2, 0.25) is 10.0 Å². The van der Waals surface area contributed by atoms with Crippen molar-refractivity contribution in [2.24, 2.45) is 5.92 Å². The van der Waals surface area contributed by atoms with Crippen molar-refractivity contribution in [3.63, 3.8) is 0 Å². The van der Waals surface area contributed by atoms with Gasteiger partial charge in [0.15, 0.2) is 0 Å². The quantitative estimate of drug-likeness (QED) is 0.790. The summed E-state index contributed by atoms with van der Waals surface area (Å²) in [6.45, 7) is 6.51. The van der Waals surface area contributed by atoms with Crippen LogP contribution in [0.1, 0.15) is 24.2 Å². The molecule has 2 amide bonds. The second-order valence-electron chi connectivity index (χ2n) is 7.06. The van der Waals surface area contributed by atoms with Crippen molar-refractivity contribution in [2.75, 3.05) is 36.4 Å². The van der Waals surface area contributed by atoms with Crippen LogP contribution in [-0.2, 0) is 4.79 Å². The van der Waals surface area contributed by atoms with E-state index in [2.05, 4.69) is 10.2 Å². The van der Waals surface area contributed by atoms with Gasteiger partial charge in [0.05, 0.1) is 22.0 Å². The zero-order valence-corrected chi connectivity index (χ0v) is 17.4. The lowest BCUT2D eigenvalue weighted by Crippen LogP contribution is -2.50. The van der Waals surface area contributed by atoms with Crippen LogP contribution in [0.5, 0.6) is 0 Å². The van der Waals surface area contributed by atoms with Crippen molar-refractivity contribution in [2.45, 2.75) is 13.8 Å². The molecule has 2 aromatic carbocycles. The number of carbonyl (C=O) groups excluding carboxylic acids is 2. The second-order valence-corrected chi connectivity index (χ2v) is 7.91. The molecule has 2 aromatic rings. The van der Waals surface area contributed by atoms with E-state index in [9.17, 15) is 9.59 Å². The second kappa shape index (κ2) is 8.84. The van der Waals surface area contributed by atoms with Gasteiger partial charge < -0.3 is 15.1 Å². The molecule has 0 bridgehead atoms. The number of amides is 2. The lowest BCUT2D eigenvalue weighted by atomic mass is 10.1. The molecule has 5 nitrogen and oxygen atoms in total. The Labute approximate surface area is 175 Å². The summed E-state index contributed by atoms with van der Waals surface area (Å²) in [7, 11) is 0. The van der Waals surface area contributed by atoms with Crippen LogP contribution >= 0.6 is 23.2 Å². The predicted octanol–water partition coefficient (Wildman–Crippen LogP) is 4.55. The Morgan fingerprint density at radius 1 is 1.00 bits per heavy atom. The third-order valence-electron chi connectivity index (χ3n) is 4.75. The third kappa shape index (κ3) is 4.59. The van der Waals surface area contributed by atoms with Gasteiger partial charge in [-0.2, -0.15) is 0 Å². The van der Waals surface area contributed by atoms with Crippen LogP contribution in [0.3, 0.4) is 0 Å². The molecule has 0 spiro atoms. The average molecular weight is 420 g/mol. The monoisotopic (exact) mass is 419 g/mol. The number of benzene rings is 2. The molecule has 148 valence electrons. The number of anilines is 2. The van der Waals surface area contributed by atoms with Crippen LogP contribution in [0.15, 0.2) is 42.5 Å². The summed E-state index contributed by atoms with van der Waals surface area (Å²) in [5.41, 5.74) is 1.91. The van der Waals surface area contributed by atoms with Gasteiger partial charge in [-0.3, -0.25) is 9.59 Å². The van der Waals surface area contributed by atoms with Crippen molar-refractivity contribution >= 4 is 46.4 Å². The highest BCUT2D eigenvalue weighted by Gasteiger charge is 2.24. The molecule has 1 saturated heterocycles. The molecule has 0 radical (unpaired) electrons. The zero-order valence-electron chi connectivity index (χ0n) is 15.9. The van der Waals surface area contributed by atoms with Gasteiger partial charge in [-0.05, 0) is 30.3 Å². The molecular formula is C21H23Cl2N3O2. The minimum atomic E-state index is -0.289. The van der Waals surface area contributed by atoms with Crippen molar-refractivity contribution in [3.05, 3.63) is 58.1 Å². The van der Waals surface area contributed by atoms with E-state index in [0.29, 0.717) is 47.5 Å². The van der Waals surface area contributed by atoms with E-state index in [0.717, 1.165) is 5.69 Å². The standard InChI is InChI=1S/C21H23Cl2N3O2/c1-14(2)21(28)26-11-9-25(10-12-26)19-8-7-15(22)13-18(19)24-20(27)16-5-3-4-6-17(16)23/h3-8,13-14H,9-12H2,1-2H3,(H,24,27). The number of rotatable bonds is 4. The zero-order chi connectivity index (χ0) is 20.3. The minimum absolute atomic E-state index is 0.00690. The van der Waals surface area contributed by atoms with E-state index >= 15 is 0 Å². The molecule has 0 atom stereocenters. The van der Waals surface area contributed by atoms with E-state index < -0.39 is 0 Å². The Morgan fingerprint density at radius 3 is 2.32 bits per heavy atom. The van der Waals surface area contributed by atoms with Crippen molar-refractivity contribution in [1.82, 2.24) is 4.90 Å². The van der Waals surface area contributed by atoms with E-state index in [4.69, 9.17) is 23.2 Å². The number of hydrogen-bond donors (Lipinski definition) is 1. The van der Waals surface area contributed by atoms with Crippen molar-refractivity contribution < 1.29 is 9.59 Å². The Bertz CT molecular complexity index is 878. The highest BCUT2D eigenvalue weighted by Crippen LogP contribution is 2.31. The fourth-order valence-corrected chi connectivity index (χ4v) is 3.65. The Morgan fingerprint density at radius 2 is 1.68 bits per heavy atom. The highest BCUT2D eigenvalue weighted by molar-refractivity contribution is 6.34. The summed E-state index contributed by atoms with van der Waals surface area (Å²) >= 11 is 12.3. The lowest BCUT2D eigenvalue weighted by Gasteiger charge is -2.37. The molecule has 1 heterocycles.